The molecule has 0 heterocycles. The predicted molar refractivity (Wildman–Crippen MR) is 54.6 cm³/mol. The first-order valence-electron chi connectivity index (χ1n) is 5.04. The first kappa shape index (κ1) is 13.9. The smallest absolute Gasteiger partial charge is 0.191 e. The van der Waals surface area contributed by atoms with E-state index >= 15 is 0 Å². The number of benzene rings is 1. The summed E-state index contributed by atoms with van der Waals surface area (Å²) in [6.07, 6.45) is -3.79. The number of hydrogen-bond donors (Lipinski definition) is 0. The molecule has 0 saturated carbocycles. The van der Waals surface area contributed by atoms with Crippen molar-refractivity contribution < 1.29 is 22.0 Å². The molecule has 0 spiro atoms. The molecule has 0 fully saturated rings. The fraction of sp³-hybridized carbons (Fsp3) is 0.417. The molecule has 0 aliphatic carbocycles. The summed E-state index contributed by atoms with van der Waals surface area (Å²) in [5.41, 5.74) is -0.410. The fourth-order valence-electron chi connectivity index (χ4n) is 1.35. The van der Waals surface area contributed by atoms with E-state index in [9.17, 15) is 22.0 Å². The van der Waals surface area contributed by atoms with Crippen LogP contribution in [0.5, 0.6) is 0 Å². The molecular formula is C12H12F5. The van der Waals surface area contributed by atoms with Crippen LogP contribution in [0.3, 0.4) is 0 Å². The number of halogens is 5. The predicted octanol–water partition coefficient (Wildman–Crippen LogP) is 4.55. The Kier molecular flexibility index (Phi) is 3.79. The molecule has 0 atom stereocenters. The zero-order valence-electron chi connectivity index (χ0n) is 9.35. The van der Waals surface area contributed by atoms with Crippen LogP contribution < -0.4 is 0 Å². The van der Waals surface area contributed by atoms with E-state index < -0.39 is 17.7 Å². The summed E-state index contributed by atoms with van der Waals surface area (Å²) in [4.78, 5) is 0. The maximum Gasteiger partial charge on any atom is 0.458 e. The number of alkyl halides is 5. The van der Waals surface area contributed by atoms with Crippen molar-refractivity contribution in [3.63, 3.8) is 0 Å². The van der Waals surface area contributed by atoms with Crippen molar-refractivity contribution in [3.8, 4) is 0 Å². The van der Waals surface area contributed by atoms with Gasteiger partial charge in [-0.15, -0.1) is 0 Å². The van der Waals surface area contributed by atoms with E-state index in [0.29, 0.717) is 5.56 Å². The van der Waals surface area contributed by atoms with Gasteiger partial charge >= 0.3 is 12.1 Å². The van der Waals surface area contributed by atoms with Crippen molar-refractivity contribution >= 4 is 0 Å². The van der Waals surface area contributed by atoms with Crippen molar-refractivity contribution in [2.45, 2.75) is 25.9 Å². The highest BCUT2D eigenvalue weighted by molar-refractivity contribution is 5.30. The first-order chi connectivity index (χ1) is 7.64. The topological polar surface area (TPSA) is 0 Å². The van der Waals surface area contributed by atoms with Crippen LogP contribution in [-0.4, -0.2) is 6.18 Å². The van der Waals surface area contributed by atoms with E-state index in [1.54, 1.807) is 6.42 Å². The zero-order chi connectivity index (χ0) is 13.3. The van der Waals surface area contributed by atoms with Crippen LogP contribution >= 0.6 is 0 Å². The summed E-state index contributed by atoms with van der Waals surface area (Å²) in [5.74, 6) is -4.60. The maximum absolute atomic E-state index is 12.9. The van der Waals surface area contributed by atoms with Crippen molar-refractivity contribution in [1.29, 1.82) is 0 Å². The van der Waals surface area contributed by atoms with Crippen LogP contribution in [0.1, 0.15) is 25.0 Å². The summed E-state index contributed by atoms with van der Waals surface area (Å²) in [7, 11) is 0. The second-order valence-corrected chi connectivity index (χ2v) is 4.10. The van der Waals surface area contributed by atoms with Gasteiger partial charge in [0.25, 0.3) is 0 Å². The van der Waals surface area contributed by atoms with Gasteiger partial charge in [0, 0.05) is 5.56 Å². The van der Waals surface area contributed by atoms with Crippen LogP contribution in [0.2, 0.25) is 0 Å². The summed E-state index contributed by atoms with van der Waals surface area (Å²) in [6, 6.07) is 4.13. The molecule has 1 aromatic rings. The Labute approximate surface area is 96.4 Å². The van der Waals surface area contributed by atoms with Crippen LogP contribution in [0.15, 0.2) is 24.3 Å². The summed E-state index contributed by atoms with van der Waals surface area (Å²) < 4.78 is 62.1. The average molecular weight is 251 g/mol. The molecule has 0 nitrogen and oxygen atoms in total. The Bertz CT molecular complexity index is 361. The minimum Gasteiger partial charge on any atom is -0.191 e. The Morgan fingerprint density at radius 1 is 0.941 bits per heavy atom. The number of rotatable bonds is 3. The van der Waals surface area contributed by atoms with E-state index in [-0.39, 0.29) is 5.92 Å². The molecule has 0 aliphatic rings. The molecule has 0 bridgehead atoms. The molecule has 0 amide bonds. The van der Waals surface area contributed by atoms with Crippen LogP contribution in [0.25, 0.3) is 0 Å². The maximum atomic E-state index is 12.9. The molecule has 1 rings (SSSR count). The van der Waals surface area contributed by atoms with Gasteiger partial charge in [0.05, 0.1) is 0 Å². The van der Waals surface area contributed by atoms with E-state index in [1.807, 2.05) is 13.8 Å². The molecular weight excluding hydrogens is 239 g/mol. The molecule has 1 radical (unpaired) electrons. The van der Waals surface area contributed by atoms with Crippen LogP contribution in [0.4, 0.5) is 22.0 Å². The SMILES string of the molecule is CC(C)[CH]c1ccc(C(F)(F)C(F)(F)F)cc1. The normalized spacial score (nSPS) is 13.2. The van der Waals surface area contributed by atoms with Gasteiger partial charge in [0.15, 0.2) is 0 Å². The lowest BCUT2D eigenvalue weighted by atomic mass is 10.00. The third-order valence-electron chi connectivity index (χ3n) is 2.16. The largest absolute Gasteiger partial charge is 0.458 e. The second-order valence-electron chi connectivity index (χ2n) is 4.10. The summed E-state index contributed by atoms with van der Waals surface area (Å²) >= 11 is 0. The summed E-state index contributed by atoms with van der Waals surface area (Å²) in [5, 5.41) is 0. The van der Waals surface area contributed by atoms with Crippen molar-refractivity contribution in [1.82, 2.24) is 0 Å². The van der Waals surface area contributed by atoms with Crippen molar-refractivity contribution in [2.24, 2.45) is 5.92 Å². The molecule has 5 heteroatoms. The molecule has 0 aliphatic heterocycles. The van der Waals surface area contributed by atoms with Gasteiger partial charge in [-0.1, -0.05) is 38.1 Å². The molecule has 0 unspecified atom stereocenters. The highest BCUT2D eigenvalue weighted by Gasteiger charge is 2.58. The van der Waals surface area contributed by atoms with Gasteiger partial charge in [-0.2, -0.15) is 22.0 Å². The quantitative estimate of drug-likeness (QED) is 0.691. The lowest BCUT2D eigenvalue weighted by molar-refractivity contribution is -0.289. The average Bonchev–Trinajstić information content (AvgIpc) is 2.15. The summed E-state index contributed by atoms with van der Waals surface area (Å²) in [6.45, 7) is 3.77. The Morgan fingerprint density at radius 3 is 1.76 bits per heavy atom. The third-order valence-corrected chi connectivity index (χ3v) is 2.16. The Morgan fingerprint density at radius 2 is 1.41 bits per heavy atom. The molecule has 0 aromatic heterocycles. The highest BCUT2D eigenvalue weighted by atomic mass is 19.4. The second kappa shape index (κ2) is 4.63. The van der Waals surface area contributed by atoms with E-state index in [2.05, 4.69) is 0 Å². The van der Waals surface area contributed by atoms with Crippen molar-refractivity contribution in [2.75, 3.05) is 0 Å². The van der Waals surface area contributed by atoms with Crippen LogP contribution in [0, 0.1) is 12.3 Å². The van der Waals surface area contributed by atoms with Gasteiger partial charge in [-0.3, -0.25) is 0 Å². The monoisotopic (exact) mass is 251 g/mol. The molecule has 95 valence electrons. The van der Waals surface area contributed by atoms with E-state index in [1.165, 1.54) is 12.1 Å². The Balaban J connectivity index is 2.95. The third kappa shape index (κ3) is 3.17. The van der Waals surface area contributed by atoms with Gasteiger partial charge in [-0.25, -0.2) is 0 Å². The lowest BCUT2D eigenvalue weighted by Gasteiger charge is -2.20. The standard InChI is InChI=1S/C12H12F5/c1-8(2)7-9-3-5-10(6-4-9)11(13,14)12(15,16)17/h3-8H,1-2H3. The zero-order valence-corrected chi connectivity index (χ0v) is 9.35. The van der Waals surface area contributed by atoms with Crippen LogP contribution in [-0.2, 0) is 5.92 Å². The van der Waals surface area contributed by atoms with Gasteiger partial charge in [0.2, 0.25) is 0 Å². The molecule has 17 heavy (non-hydrogen) atoms. The minimum atomic E-state index is -5.56. The van der Waals surface area contributed by atoms with E-state index in [0.717, 1.165) is 12.1 Å². The molecule has 0 saturated heterocycles. The Hall–Kier alpha value is -1.13. The molecule has 0 N–H and O–H groups in total. The lowest BCUT2D eigenvalue weighted by Crippen LogP contribution is -2.33. The minimum absolute atomic E-state index is 0.198. The van der Waals surface area contributed by atoms with Gasteiger partial charge < -0.3 is 0 Å². The van der Waals surface area contributed by atoms with Crippen molar-refractivity contribution in [3.05, 3.63) is 41.8 Å². The molecule has 1 aromatic carbocycles. The van der Waals surface area contributed by atoms with Gasteiger partial charge in [0.1, 0.15) is 0 Å². The van der Waals surface area contributed by atoms with E-state index in [4.69, 9.17) is 0 Å². The number of hydrogen-bond acceptors (Lipinski definition) is 0. The van der Waals surface area contributed by atoms with Gasteiger partial charge in [-0.05, 0) is 17.9 Å². The highest BCUT2D eigenvalue weighted by Crippen LogP contribution is 2.43. The fourth-order valence-corrected chi connectivity index (χ4v) is 1.35. The first-order valence-corrected chi connectivity index (χ1v) is 5.04.